The molecule has 1 aliphatic carbocycles. The molecule has 3 N–H and O–H groups in total. The minimum absolute atomic E-state index is 0.00615. The Morgan fingerprint density at radius 3 is 2.86 bits per heavy atom. The average molecular weight is 286 g/mol. The number of rotatable bonds is 4. The summed E-state index contributed by atoms with van der Waals surface area (Å²) in [5.41, 5.74) is 2.90. The predicted molar refractivity (Wildman–Crippen MR) is 83.2 cm³/mol. The van der Waals surface area contributed by atoms with Crippen molar-refractivity contribution in [1.29, 1.82) is 0 Å². The molecule has 0 unspecified atom stereocenters. The van der Waals surface area contributed by atoms with Crippen LogP contribution >= 0.6 is 0 Å². The lowest BCUT2D eigenvalue weighted by Crippen LogP contribution is -2.49. The number of fused-ring (bicyclic) bond motifs is 1. The topological polar surface area (TPSA) is 65.1 Å². The van der Waals surface area contributed by atoms with Crippen molar-refractivity contribution in [2.24, 2.45) is 0 Å². The van der Waals surface area contributed by atoms with Gasteiger partial charge in [0.05, 0.1) is 18.6 Å². The zero-order valence-electron chi connectivity index (χ0n) is 12.4. The van der Waals surface area contributed by atoms with Crippen LogP contribution in [0.1, 0.15) is 36.8 Å². The lowest BCUT2D eigenvalue weighted by molar-refractivity contribution is -0.122. The summed E-state index contributed by atoms with van der Waals surface area (Å²) in [5, 5.41) is 13.7. The van der Waals surface area contributed by atoms with Gasteiger partial charge in [0.1, 0.15) is 0 Å². The molecule has 0 spiro atoms. The molecule has 3 rings (SSSR count). The fourth-order valence-corrected chi connectivity index (χ4v) is 3.40. The molecule has 4 heteroatoms. The van der Waals surface area contributed by atoms with Gasteiger partial charge in [0.15, 0.2) is 0 Å². The van der Waals surface area contributed by atoms with E-state index in [0.717, 1.165) is 42.1 Å². The van der Waals surface area contributed by atoms with Crippen LogP contribution in [0.3, 0.4) is 0 Å². The van der Waals surface area contributed by atoms with E-state index in [2.05, 4.69) is 23.3 Å². The van der Waals surface area contributed by atoms with Gasteiger partial charge in [-0.25, -0.2) is 0 Å². The Bertz CT molecular complexity index is 654. The van der Waals surface area contributed by atoms with Gasteiger partial charge in [-0.1, -0.05) is 31.0 Å². The second kappa shape index (κ2) is 5.53. The first-order valence-electron chi connectivity index (χ1n) is 7.61. The molecule has 1 saturated carbocycles. The summed E-state index contributed by atoms with van der Waals surface area (Å²) in [6.45, 7) is 2.09. The number of nitrogens with one attached hydrogen (secondary N) is 2. The maximum absolute atomic E-state index is 12.3. The quantitative estimate of drug-likeness (QED) is 0.808. The van der Waals surface area contributed by atoms with Gasteiger partial charge < -0.3 is 15.4 Å². The maximum Gasteiger partial charge on any atom is 0.225 e. The molecule has 1 aromatic heterocycles. The molecular formula is C17H22N2O2. The second-order valence-corrected chi connectivity index (χ2v) is 6.18. The predicted octanol–water partition coefficient (Wildman–Crippen LogP) is 2.44. The van der Waals surface area contributed by atoms with Crippen molar-refractivity contribution in [2.45, 2.75) is 44.6 Å². The number of aromatic nitrogens is 1. The smallest absolute Gasteiger partial charge is 0.225 e. The Balaban J connectivity index is 1.76. The highest BCUT2D eigenvalue weighted by Crippen LogP contribution is 2.29. The van der Waals surface area contributed by atoms with Crippen molar-refractivity contribution < 1.29 is 9.90 Å². The molecule has 112 valence electrons. The number of aryl methyl sites for hydroxylation is 1. The van der Waals surface area contributed by atoms with Crippen molar-refractivity contribution in [3.8, 4) is 0 Å². The number of carbonyl (C=O) groups excluding carboxylic acids is 1. The summed E-state index contributed by atoms with van der Waals surface area (Å²) in [6.07, 6.45) is 6.17. The number of H-pyrrole nitrogens is 1. The number of aliphatic hydroxyl groups is 1. The highest BCUT2D eigenvalue weighted by atomic mass is 16.3. The second-order valence-electron chi connectivity index (χ2n) is 6.18. The van der Waals surface area contributed by atoms with Gasteiger partial charge in [0, 0.05) is 17.1 Å². The molecule has 1 amide bonds. The third-order valence-electron chi connectivity index (χ3n) is 4.63. The Hall–Kier alpha value is -1.81. The minimum Gasteiger partial charge on any atom is -0.394 e. The van der Waals surface area contributed by atoms with E-state index in [9.17, 15) is 9.90 Å². The summed E-state index contributed by atoms with van der Waals surface area (Å²) in [4.78, 5) is 15.6. The lowest BCUT2D eigenvalue weighted by atomic mass is 9.98. The van der Waals surface area contributed by atoms with Crippen molar-refractivity contribution in [2.75, 3.05) is 6.61 Å². The fraction of sp³-hybridized carbons (Fsp3) is 0.471. The average Bonchev–Trinajstić information content (AvgIpc) is 3.08. The van der Waals surface area contributed by atoms with E-state index in [1.807, 2.05) is 18.3 Å². The van der Waals surface area contributed by atoms with Gasteiger partial charge in [0.25, 0.3) is 0 Å². The Kier molecular flexibility index (Phi) is 3.72. The standard InChI is InChI=1S/C17H22N2O2/c1-12-5-4-6-14-13(10-18-16(12)14)9-15(21)19-17(11-20)7-2-3-8-17/h4-6,10,18,20H,2-3,7-9,11H2,1H3,(H,19,21). The molecule has 0 radical (unpaired) electrons. The SMILES string of the molecule is Cc1cccc2c(CC(=O)NC3(CO)CCCC3)c[nH]c12. The summed E-state index contributed by atoms with van der Waals surface area (Å²) in [5.74, 6) is -0.00615. The van der Waals surface area contributed by atoms with Crippen molar-refractivity contribution >= 4 is 16.8 Å². The van der Waals surface area contributed by atoms with E-state index in [1.54, 1.807) is 0 Å². The highest BCUT2D eigenvalue weighted by molar-refractivity contribution is 5.90. The van der Waals surface area contributed by atoms with Crippen LogP contribution in [0.4, 0.5) is 0 Å². The van der Waals surface area contributed by atoms with Gasteiger partial charge in [-0.3, -0.25) is 4.79 Å². The molecule has 2 aromatic rings. The number of benzene rings is 1. The van der Waals surface area contributed by atoms with Crippen LogP contribution in [0.5, 0.6) is 0 Å². The minimum atomic E-state index is -0.390. The molecule has 0 saturated heterocycles. The number of carbonyl (C=O) groups is 1. The summed E-state index contributed by atoms with van der Waals surface area (Å²) >= 11 is 0. The van der Waals surface area contributed by atoms with Crippen LogP contribution in [0.2, 0.25) is 0 Å². The van der Waals surface area contributed by atoms with E-state index in [-0.39, 0.29) is 18.1 Å². The molecule has 0 bridgehead atoms. The third-order valence-corrected chi connectivity index (χ3v) is 4.63. The third kappa shape index (κ3) is 2.68. The number of amides is 1. The Morgan fingerprint density at radius 2 is 2.14 bits per heavy atom. The van der Waals surface area contributed by atoms with Crippen LogP contribution in [0, 0.1) is 6.92 Å². The monoisotopic (exact) mass is 286 g/mol. The largest absolute Gasteiger partial charge is 0.394 e. The summed E-state index contributed by atoms with van der Waals surface area (Å²) in [6, 6.07) is 6.11. The molecule has 1 aliphatic rings. The molecule has 1 fully saturated rings. The maximum atomic E-state index is 12.3. The van der Waals surface area contributed by atoms with Crippen LogP contribution in [0.15, 0.2) is 24.4 Å². The van der Waals surface area contributed by atoms with E-state index >= 15 is 0 Å². The molecular weight excluding hydrogens is 264 g/mol. The van der Waals surface area contributed by atoms with E-state index in [1.165, 1.54) is 5.56 Å². The normalized spacial score (nSPS) is 17.2. The summed E-state index contributed by atoms with van der Waals surface area (Å²) in [7, 11) is 0. The van der Waals surface area contributed by atoms with E-state index in [4.69, 9.17) is 0 Å². The van der Waals surface area contributed by atoms with Gasteiger partial charge in [-0.2, -0.15) is 0 Å². The summed E-state index contributed by atoms with van der Waals surface area (Å²) < 4.78 is 0. The Labute approximate surface area is 124 Å². The molecule has 0 aliphatic heterocycles. The van der Waals surface area contributed by atoms with Crippen molar-refractivity contribution in [3.05, 3.63) is 35.5 Å². The van der Waals surface area contributed by atoms with Crippen LogP contribution in [-0.2, 0) is 11.2 Å². The molecule has 0 atom stereocenters. The molecule has 21 heavy (non-hydrogen) atoms. The van der Waals surface area contributed by atoms with Crippen molar-refractivity contribution in [3.63, 3.8) is 0 Å². The van der Waals surface area contributed by atoms with Crippen LogP contribution in [-0.4, -0.2) is 28.1 Å². The zero-order valence-corrected chi connectivity index (χ0v) is 12.4. The van der Waals surface area contributed by atoms with Crippen LogP contribution in [0.25, 0.3) is 10.9 Å². The molecule has 1 aromatic carbocycles. The number of hydrogen-bond donors (Lipinski definition) is 3. The van der Waals surface area contributed by atoms with Crippen molar-refractivity contribution in [1.82, 2.24) is 10.3 Å². The number of aliphatic hydroxyl groups excluding tert-OH is 1. The van der Waals surface area contributed by atoms with E-state index in [0.29, 0.717) is 6.42 Å². The first kappa shape index (κ1) is 14.1. The first-order chi connectivity index (χ1) is 10.1. The zero-order chi connectivity index (χ0) is 14.9. The number of hydrogen-bond acceptors (Lipinski definition) is 2. The van der Waals surface area contributed by atoms with Gasteiger partial charge in [-0.05, 0) is 30.9 Å². The van der Waals surface area contributed by atoms with Crippen LogP contribution < -0.4 is 5.32 Å². The number of para-hydroxylation sites is 1. The highest BCUT2D eigenvalue weighted by Gasteiger charge is 2.34. The van der Waals surface area contributed by atoms with Gasteiger partial charge in [-0.15, -0.1) is 0 Å². The fourth-order valence-electron chi connectivity index (χ4n) is 3.40. The molecule has 4 nitrogen and oxygen atoms in total. The molecule has 1 heterocycles. The van der Waals surface area contributed by atoms with Gasteiger partial charge >= 0.3 is 0 Å². The van der Waals surface area contributed by atoms with E-state index < -0.39 is 0 Å². The van der Waals surface area contributed by atoms with Gasteiger partial charge in [0.2, 0.25) is 5.91 Å². The Morgan fingerprint density at radius 1 is 1.38 bits per heavy atom. The number of aromatic amines is 1. The lowest BCUT2D eigenvalue weighted by Gasteiger charge is -2.27. The first-order valence-corrected chi connectivity index (χ1v) is 7.61.